The molecule has 10 heteroatoms. The summed E-state index contributed by atoms with van der Waals surface area (Å²) in [7, 11) is 1.62. The van der Waals surface area contributed by atoms with Crippen LogP contribution in [-0.2, 0) is 11.2 Å². The van der Waals surface area contributed by atoms with Crippen LogP contribution in [0.15, 0.2) is 47.6 Å². The Morgan fingerprint density at radius 1 is 1.19 bits per heavy atom. The number of amides is 1. The van der Waals surface area contributed by atoms with Crippen LogP contribution in [-0.4, -0.2) is 33.1 Å². The quantitative estimate of drug-likeness (QED) is 0.522. The van der Waals surface area contributed by atoms with Gasteiger partial charge in [0.1, 0.15) is 11.0 Å². The van der Waals surface area contributed by atoms with Gasteiger partial charge >= 0.3 is 0 Å². The monoisotopic (exact) mass is 477 g/mol. The molecule has 7 nitrogen and oxygen atoms in total. The predicted molar refractivity (Wildman–Crippen MR) is 124 cm³/mol. The van der Waals surface area contributed by atoms with Crippen LogP contribution in [0.5, 0.6) is 5.75 Å². The van der Waals surface area contributed by atoms with Gasteiger partial charge in [-0.1, -0.05) is 54.0 Å². The van der Waals surface area contributed by atoms with Crippen LogP contribution in [0, 0.1) is 0 Å². The fourth-order valence-electron chi connectivity index (χ4n) is 3.38. The Bertz CT molecular complexity index is 1070. The number of nitrogens with zero attached hydrogens (tertiary/aromatic N) is 3. The smallest absolute Gasteiger partial charge is 0.240 e. The fraction of sp³-hybridized carbons (Fsp3) is 0.286. The molecule has 0 aliphatic carbocycles. The number of thioether (sulfide) groups is 1. The molecule has 31 heavy (non-hydrogen) atoms. The van der Waals surface area contributed by atoms with Gasteiger partial charge in [0, 0.05) is 22.2 Å². The summed E-state index contributed by atoms with van der Waals surface area (Å²) < 4.78 is 7.15. The molecule has 1 aliphatic rings. The highest BCUT2D eigenvalue weighted by atomic mass is 35.5. The van der Waals surface area contributed by atoms with Gasteiger partial charge in [-0.2, -0.15) is 0 Å². The third-order valence-electron chi connectivity index (χ3n) is 4.84. The molecule has 1 aromatic heterocycles. The van der Waals surface area contributed by atoms with Crippen LogP contribution >= 0.6 is 35.0 Å². The maximum Gasteiger partial charge on any atom is 0.240 e. The van der Waals surface area contributed by atoms with E-state index in [1.165, 1.54) is 11.8 Å². The number of hydrogen-bond donors (Lipinski definition) is 2. The van der Waals surface area contributed by atoms with Crippen molar-refractivity contribution >= 4 is 46.6 Å². The van der Waals surface area contributed by atoms with Gasteiger partial charge in [0.15, 0.2) is 5.82 Å². The summed E-state index contributed by atoms with van der Waals surface area (Å²) in [6, 6.07) is 12.3. The van der Waals surface area contributed by atoms with Gasteiger partial charge in [0.25, 0.3) is 0 Å². The summed E-state index contributed by atoms with van der Waals surface area (Å²) in [6.07, 6.45) is 1.73. The molecule has 2 N–H and O–H groups in total. The lowest BCUT2D eigenvalue weighted by Gasteiger charge is -2.33. The molecule has 2 atom stereocenters. The Hall–Kier alpha value is -2.42. The van der Waals surface area contributed by atoms with E-state index in [-0.39, 0.29) is 11.9 Å². The molecule has 2 aromatic carbocycles. The molecule has 1 aliphatic heterocycles. The van der Waals surface area contributed by atoms with E-state index in [0.717, 1.165) is 30.0 Å². The fourth-order valence-corrected chi connectivity index (χ4v) is 5.01. The molecular formula is C21H21Cl2N5O2S. The third kappa shape index (κ3) is 4.76. The summed E-state index contributed by atoms with van der Waals surface area (Å²) in [4.78, 5) is 13.3. The molecule has 0 bridgehead atoms. The highest BCUT2D eigenvalue weighted by molar-refractivity contribution is 8.00. The highest BCUT2D eigenvalue weighted by Crippen LogP contribution is 2.38. The van der Waals surface area contributed by atoms with Gasteiger partial charge in [-0.25, -0.2) is 4.68 Å². The number of carbonyl (C=O) groups is 1. The van der Waals surface area contributed by atoms with Crippen LogP contribution < -0.4 is 15.5 Å². The summed E-state index contributed by atoms with van der Waals surface area (Å²) >= 11 is 13.5. The summed E-state index contributed by atoms with van der Waals surface area (Å²) in [5.74, 6) is 1.39. The van der Waals surface area contributed by atoms with Gasteiger partial charge in [-0.15, -0.1) is 10.2 Å². The molecule has 2 heterocycles. The van der Waals surface area contributed by atoms with Crippen molar-refractivity contribution in [2.45, 2.75) is 36.2 Å². The molecule has 0 saturated heterocycles. The van der Waals surface area contributed by atoms with Crippen LogP contribution in [0.4, 0.5) is 5.69 Å². The zero-order valence-electron chi connectivity index (χ0n) is 16.9. The van der Waals surface area contributed by atoms with E-state index in [1.807, 2.05) is 28.9 Å². The normalized spacial score (nSPS) is 17.5. The molecule has 0 saturated carbocycles. The number of aryl methyl sites for hydroxylation is 1. The topological polar surface area (TPSA) is 81.1 Å². The standard InChI is InChI=1S/C21H21Cl2N5O2S/c1-3-4-17-25-26-21-28(17)27-18(12-5-7-16(30-2)8-6-12)19(31-21)20(29)24-15-10-13(22)9-14(23)11-15/h5-11,18-19,27H,3-4H2,1-2H3,(H,24,29)/t18-,19-/m0/s1. The van der Waals surface area contributed by atoms with E-state index >= 15 is 0 Å². The van der Waals surface area contributed by atoms with E-state index in [0.29, 0.717) is 20.9 Å². The zero-order chi connectivity index (χ0) is 22.0. The van der Waals surface area contributed by atoms with Crippen molar-refractivity contribution < 1.29 is 9.53 Å². The van der Waals surface area contributed by atoms with Crippen molar-refractivity contribution in [3.63, 3.8) is 0 Å². The number of anilines is 1. The number of methoxy groups -OCH3 is 1. The number of rotatable bonds is 6. The van der Waals surface area contributed by atoms with Crippen LogP contribution in [0.3, 0.4) is 0 Å². The molecule has 162 valence electrons. The SMILES string of the molecule is CCCc1nnc2n1N[C@@H](c1ccc(OC)cc1)[C@@H](C(=O)Nc1cc(Cl)cc(Cl)c1)S2. The molecule has 3 aromatic rings. The second-order valence-electron chi connectivity index (χ2n) is 7.05. The lowest BCUT2D eigenvalue weighted by molar-refractivity contribution is -0.116. The van der Waals surface area contributed by atoms with Gasteiger partial charge in [0.2, 0.25) is 11.1 Å². The number of aromatic nitrogens is 3. The van der Waals surface area contributed by atoms with Crippen LogP contribution in [0.1, 0.15) is 30.8 Å². The van der Waals surface area contributed by atoms with Crippen molar-refractivity contribution in [3.05, 3.63) is 63.9 Å². The Balaban J connectivity index is 1.66. The van der Waals surface area contributed by atoms with Crippen molar-refractivity contribution in [2.24, 2.45) is 0 Å². The average Bonchev–Trinajstić information content (AvgIpc) is 3.14. The minimum atomic E-state index is -0.502. The first kappa shape index (κ1) is 21.8. The minimum Gasteiger partial charge on any atom is -0.497 e. The first-order valence-corrected chi connectivity index (χ1v) is 11.4. The Kier molecular flexibility index (Phi) is 6.60. The Morgan fingerprint density at radius 3 is 2.55 bits per heavy atom. The first-order chi connectivity index (χ1) is 15.0. The number of hydrogen-bond acceptors (Lipinski definition) is 6. The molecule has 0 unspecified atom stereocenters. The number of benzene rings is 2. The third-order valence-corrected chi connectivity index (χ3v) is 6.49. The first-order valence-electron chi connectivity index (χ1n) is 9.77. The average molecular weight is 478 g/mol. The van der Waals surface area contributed by atoms with E-state index in [4.69, 9.17) is 27.9 Å². The highest BCUT2D eigenvalue weighted by Gasteiger charge is 2.37. The van der Waals surface area contributed by atoms with Crippen molar-refractivity contribution in [3.8, 4) is 5.75 Å². The van der Waals surface area contributed by atoms with Crippen LogP contribution in [0.2, 0.25) is 10.0 Å². The van der Waals surface area contributed by atoms with E-state index < -0.39 is 5.25 Å². The zero-order valence-corrected chi connectivity index (χ0v) is 19.3. The summed E-state index contributed by atoms with van der Waals surface area (Å²) in [5, 5.41) is 12.5. The van der Waals surface area contributed by atoms with Crippen molar-refractivity contribution in [1.29, 1.82) is 0 Å². The van der Waals surface area contributed by atoms with Crippen molar-refractivity contribution in [1.82, 2.24) is 14.9 Å². The second-order valence-corrected chi connectivity index (χ2v) is 9.03. The summed E-state index contributed by atoms with van der Waals surface area (Å²) in [6.45, 7) is 2.09. The maximum absolute atomic E-state index is 13.3. The summed E-state index contributed by atoms with van der Waals surface area (Å²) in [5.41, 5.74) is 4.92. The van der Waals surface area contributed by atoms with E-state index in [2.05, 4.69) is 27.9 Å². The predicted octanol–water partition coefficient (Wildman–Crippen LogP) is 4.94. The number of fused-ring (bicyclic) bond motifs is 1. The lowest BCUT2D eigenvalue weighted by Crippen LogP contribution is -2.41. The molecule has 1 amide bonds. The van der Waals surface area contributed by atoms with Crippen molar-refractivity contribution in [2.75, 3.05) is 17.9 Å². The van der Waals surface area contributed by atoms with E-state index in [1.54, 1.807) is 25.3 Å². The second kappa shape index (κ2) is 9.38. The van der Waals surface area contributed by atoms with Gasteiger partial charge < -0.3 is 15.5 Å². The maximum atomic E-state index is 13.3. The minimum absolute atomic E-state index is 0.192. The number of halogens is 2. The number of ether oxygens (including phenoxy) is 1. The van der Waals surface area contributed by atoms with Gasteiger partial charge in [-0.05, 0) is 42.3 Å². The molecule has 4 rings (SSSR count). The largest absolute Gasteiger partial charge is 0.497 e. The molecule has 0 spiro atoms. The van der Waals surface area contributed by atoms with Gasteiger partial charge in [0.05, 0.1) is 13.2 Å². The molecule has 0 radical (unpaired) electrons. The van der Waals surface area contributed by atoms with Gasteiger partial charge in [-0.3, -0.25) is 4.79 Å². The molecular weight excluding hydrogens is 457 g/mol. The Labute approximate surface area is 194 Å². The van der Waals surface area contributed by atoms with Crippen LogP contribution in [0.25, 0.3) is 0 Å². The lowest BCUT2D eigenvalue weighted by atomic mass is 10.0. The Morgan fingerprint density at radius 2 is 1.90 bits per heavy atom. The molecule has 0 fully saturated rings. The number of carbonyl (C=O) groups excluding carboxylic acids is 1. The number of nitrogens with one attached hydrogen (secondary N) is 2. The van der Waals surface area contributed by atoms with E-state index in [9.17, 15) is 4.79 Å².